The molecule has 1 heterocycles. The molecular weight excluding hydrogens is 186 g/mol. The summed E-state index contributed by atoms with van der Waals surface area (Å²) in [5.41, 5.74) is 10.7. The maximum atomic E-state index is 10.3. The molecule has 0 bridgehead atoms. The zero-order valence-electron chi connectivity index (χ0n) is 7.72. The second kappa shape index (κ2) is 5.18. The van der Waals surface area contributed by atoms with Gasteiger partial charge in [0.1, 0.15) is 12.3 Å². The lowest BCUT2D eigenvalue weighted by Gasteiger charge is -1.96. The molecule has 1 aromatic rings. The standard InChI is InChI=1S/C7H13N5O2/c8-2-1-3-12-4-6(10-11-12)5-14-7(9)13/h4H,1-3,5,8H2,(H2,9,13). The molecule has 0 aliphatic carbocycles. The molecule has 78 valence electrons. The zero-order chi connectivity index (χ0) is 10.4. The fourth-order valence-electron chi connectivity index (χ4n) is 0.912. The first kappa shape index (κ1) is 10.5. The van der Waals surface area contributed by atoms with E-state index in [1.165, 1.54) is 0 Å². The number of carbonyl (C=O) groups is 1. The summed E-state index contributed by atoms with van der Waals surface area (Å²) in [4.78, 5) is 10.3. The molecule has 0 spiro atoms. The largest absolute Gasteiger partial charge is 0.443 e. The van der Waals surface area contributed by atoms with Crippen molar-refractivity contribution in [3.05, 3.63) is 11.9 Å². The Morgan fingerprint density at radius 2 is 2.43 bits per heavy atom. The molecule has 0 radical (unpaired) electrons. The van der Waals surface area contributed by atoms with Gasteiger partial charge in [-0.25, -0.2) is 4.79 Å². The smallest absolute Gasteiger partial charge is 0.404 e. The highest BCUT2D eigenvalue weighted by atomic mass is 16.5. The topological polar surface area (TPSA) is 109 Å². The molecule has 0 fully saturated rings. The second-order valence-corrected chi connectivity index (χ2v) is 2.72. The molecule has 4 N–H and O–H groups in total. The Labute approximate surface area is 81.0 Å². The minimum atomic E-state index is -0.818. The van der Waals surface area contributed by atoms with Crippen LogP contribution in [0.15, 0.2) is 6.20 Å². The number of primary amides is 1. The van der Waals surface area contributed by atoms with Crippen LogP contribution >= 0.6 is 0 Å². The van der Waals surface area contributed by atoms with E-state index in [1.807, 2.05) is 0 Å². The highest BCUT2D eigenvalue weighted by Gasteiger charge is 2.02. The van der Waals surface area contributed by atoms with Crippen molar-refractivity contribution in [2.75, 3.05) is 6.54 Å². The first-order valence-electron chi connectivity index (χ1n) is 4.23. The van der Waals surface area contributed by atoms with Gasteiger partial charge in [-0.05, 0) is 13.0 Å². The number of rotatable bonds is 5. The maximum Gasteiger partial charge on any atom is 0.404 e. The third-order valence-corrected chi connectivity index (χ3v) is 1.54. The van der Waals surface area contributed by atoms with E-state index in [0.717, 1.165) is 6.42 Å². The lowest BCUT2D eigenvalue weighted by Crippen LogP contribution is -2.12. The summed E-state index contributed by atoms with van der Waals surface area (Å²) in [6.45, 7) is 1.37. The second-order valence-electron chi connectivity index (χ2n) is 2.72. The number of amides is 1. The van der Waals surface area contributed by atoms with Gasteiger partial charge in [0.05, 0.1) is 6.20 Å². The van der Waals surface area contributed by atoms with E-state index in [1.54, 1.807) is 10.9 Å². The Morgan fingerprint density at radius 1 is 1.64 bits per heavy atom. The van der Waals surface area contributed by atoms with Crippen molar-refractivity contribution >= 4 is 6.09 Å². The number of hydrogen-bond acceptors (Lipinski definition) is 5. The number of nitrogens with zero attached hydrogens (tertiary/aromatic N) is 3. The monoisotopic (exact) mass is 199 g/mol. The predicted molar refractivity (Wildman–Crippen MR) is 48.1 cm³/mol. The minimum absolute atomic E-state index is 0.0535. The van der Waals surface area contributed by atoms with Crippen LogP contribution in [0.25, 0.3) is 0 Å². The van der Waals surface area contributed by atoms with Gasteiger partial charge < -0.3 is 16.2 Å². The van der Waals surface area contributed by atoms with Gasteiger partial charge in [0.15, 0.2) is 0 Å². The summed E-state index contributed by atoms with van der Waals surface area (Å²) in [6, 6.07) is 0. The lowest BCUT2D eigenvalue weighted by molar-refractivity contribution is 0.149. The Bertz CT molecular complexity index is 298. The summed E-state index contributed by atoms with van der Waals surface area (Å²) in [7, 11) is 0. The highest BCUT2D eigenvalue weighted by Crippen LogP contribution is 1.96. The number of aryl methyl sites for hydroxylation is 1. The van der Waals surface area contributed by atoms with Crippen LogP contribution in [-0.2, 0) is 17.9 Å². The SMILES string of the molecule is NCCCn1cc(COC(N)=O)nn1. The molecular formula is C7H13N5O2. The van der Waals surface area contributed by atoms with Gasteiger partial charge in [-0.1, -0.05) is 5.21 Å². The third kappa shape index (κ3) is 3.40. The van der Waals surface area contributed by atoms with E-state index in [-0.39, 0.29) is 6.61 Å². The number of aromatic nitrogens is 3. The van der Waals surface area contributed by atoms with Crippen molar-refractivity contribution in [2.24, 2.45) is 11.5 Å². The van der Waals surface area contributed by atoms with Crippen LogP contribution < -0.4 is 11.5 Å². The molecule has 7 heteroatoms. The van der Waals surface area contributed by atoms with Gasteiger partial charge in [0, 0.05) is 6.54 Å². The van der Waals surface area contributed by atoms with Gasteiger partial charge in [-0.2, -0.15) is 0 Å². The normalized spacial score (nSPS) is 10.1. The molecule has 14 heavy (non-hydrogen) atoms. The van der Waals surface area contributed by atoms with E-state index in [0.29, 0.717) is 18.8 Å². The van der Waals surface area contributed by atoms with E-state index < -0.39 is 6.09 Å². The fourth-order valence-corrected chi connectivity index (χ4v) is 0.912. The van der Waals surface area contributed by atoms with Crippen LogP contribution in [0.1, 0.15) is 12.1 Å². The van der Waals surface area contributed by atoms with Crippen molar-refractivity contribution in [2.45, 2.75) is 19.6 Å². The van der Waals surface area contributed by atoms with Crippen molar-refractivity contribution in [3.8, 4) is 0 Å². The molecule has 0 aliphatic heterocycles. The summed E-state index contributed by atoms with van der Waals surface area (Å²) < 4.78 is 6.19. The average molecular weight is 199 g/mol. The van der Waals surface area contributed by atoms with Gasteiger partial charge in [0.2, 0.25) is 0 Å². The molecule has 1 aromatic heterocycles. The minimum Gasteiger partial charge on any atom is -0.443 e. The Morgan fingerprint density at radius 3 is 3.07 bits per heavy atom. The summed E-state index contributed by atoms with van der Waals surface area (Å²) in [5, 5.41) is 7.59. The zero-order valence-corrected chi connectivity index (χ0v) is 7.72. The summed E-state index contributed by atoms with van der Waals surface area (Å²) >= 11 is 0. The summed E-state index contributed by atoms with van der Waals surface area (Å²) in [5.74, 6) is 0. The Balaban J connectivity index is 2.38. The molecule has 0 aromatic carbocycles. The van der Waals surface area contributed by atoms with E-state index in [4.69, 9.17) is 11.5 Å². The van der Waals surface area contributed by atoms with Gasteiger partial charge >= 0.3 is 6.09 Å². The average Bonchev–Trinajstić information content (AvgIpc) is 2.59. The number of hydrogen-bond donors (Lipinski definition) is 2. The molecule has 0 unspecified atom stereocenters. The van der Waals surface area contributed by atoms with E-state index >= 15 is 0 Å². The molecule has 1 amide bonds. The first-order valence-corrected chi connectivity index (χ1v) is 4.23. The van der Waals surface area contributed by atoms with Crippen molar-refractivity contribution in [1.29, 1.82) is 0 Å². The van der Waals surface area contributed by atoms with Crippen molar-refractivity contribution in [1.82, 2.24) is 15.0 Å². The molecule has 0 saturated heterocycles. The van der Waals surface area contributed by atoms with Crippen LogP contribution in [0.5, 0.6) is 0 Å². The van der Waals surface area contributed by atoms with Gasteiger partial charge in [0.25, 0.3) is 0 Å². The van der Waals surface area contributed by atoms with Crippen LogP contribution in [0, 0.1) is 0 Å². The predicted octanol–water partition coefficient (Wildman–Crippen LogP) is -0.778. The molecule has 0 aliphatic rings. The molecule has 1 rings (SSSR count). The van der Waals surface area contributed by atoms with E-state index in [9.17, 15) is 4.79 Å². The lowest BCUT2D eigenvalue weighted by atomic mass is 10.4. The number of ether oxygens (including phenoxy) is 1. The van der Waals surface area contributed by atoms with Crippen LogP contribution in [0.4, 0.5) is 4.79 Å². The van der Waals surface area contributed by atoms with E-state index in [2.05, 4.69) is 15.0 Å². The molecule has 7 nitrogen and oxygen atoms in total. The fraction of sp³-hybridized carbons (Fsp3) is 0.571. The Kier molecular flexibility index (Phi) is 3.86. The number of nitrogens with two attached hydrogens (primary N) is 2. The maximum absolute atomic E-state index is 10.3. The van der Waals surface area contributed by atoms with Gasteiger partial charge in [-0.3, -0.25) is 4.68 Å². The Hall–Kier alpha value is -1.63. The number of carbonyl (C=O) groups excluding carboxylic acids is 1. The molecule has 0 saturated carbocycles. The highest BCUT2D eigenvalue weighted by molar-refractivity contribution is 5.64. The first-order chi connectivity index (χ1) is 6.72. The van der Waals surface area contributed by atoms with Crippen molar-refractivity contribution in [3.63, 3.8) is 0 Å². The molecule has 0 atom stereocenters. The quantitative estimate of drug-likeness (QED) is 0.646. The van der Waals surface area contributed by atoms with Crippen LogP contribution in [-0.4, -0.2) is 27.6 Å². The third-order valence-electron chi connectivity index (χ3n) is 1.54. The van der Waals surface area contributed by atoms with Gasteiger partial charge in [-0.15, -0.1) is 5.10 Å². The van der Waals surface area contributed by atoms with Crippen molar-refractivity contribution < 1.29 is 9.53 Å². The van der Waals surface area contributed by atoms with Crippen LogP contribution in [0.3, 0.4) is 0 Å². The summed E-state index contributed by atoms with van der Waals surface area (Å²) in [6.07, 6.45) is 1.71. The van der Waals surface area contributed by atoms with Crippen LogP contribution in [0.2, 0.25) is 0 Å².